The van der Waals surface area contributed by atoms with Crippen LogP contribution in [-0.4, -0.2) is 94.3 Å². The number of likely N-dealkylation sites (tertiary alicyclic amines) is 1. The Morgan fingerprint density at radius 2 is 1.74 bits per heavy atom. The zero-order valence-corrected chi connectivity index (χ0v) is 25.7. The molecule has 0 aliphatic carbocycles. The van der Waals surface area contributed by atoms with E-state index in [1.807, 2.05) is 63.9 Å². The number of aromatic nitrogens is 4. The van der Waals surface area contributed by atoms with Gasteiger partial charge in [-0.05, 0) is 64.8 Å². The molecule has 6 rings (SSSR count). The second-order valence-corrected chi connectivity index (χ2v) is 13.3. The fourth-order valence-corrected chi connectivity index (χ4v) is 6.45. The maximum atomic E-state index is 13.5. The first kappa shape index (κ1) is 28.9. The number of nitrogens with zero attached hydrogens (tertiary/aromatic N) is 7. The van der Waals surface area contributed by atoms with Crippen molar-refractivity contribution < 1.29 is 23.9 Å². The van der Waals surface area contributed by atoms with Gasteiger partial charge in [-0.15, -0.1) is 5.10 Å². The number of carbonyl (C=O) groups excluding carboxylic acids is 3. The SMILES string of the molecule is COC(=O)c1cccc(N2C[C@H]3CN(C(=O)c4nc5c(C)cc(N6CCC(C)(C(=O)OC(C)(C)C)C6)cn5n4)C[C@H]3C2)n1. The molecule has 12 heteroatoms. The summed E-state index contributed by atoms with van der Waals surface area (Å²) in [5.74, 6) is 0.714. The van der Waals surface area contributed by atoms with Gasteiger partial charge in [0.15, 0.2) is 11.3 Å². The monoisotopic (exact) mass is 589 g/mol. The number of ether oxygens (including phenoxy) is 2. The van der Waals surface area contributed by atoms with Gasteiger partial charge >= 0.3 is 11.9 Å². The molecule has 3 atom stereocenters. The van der Waals surface area contributed by atoms with Crippen molar-refractivity contribution in [1.82, 2.24) is 24.5 Å². The fraction of sp³-hybridized carbons (Fsp3) is 0.548. The molecule has 1 amide bonds. The summed E-state index contributed by atoms with van der Waals surface area (Å²) in [4.78, 5) is 53.6. The fourth-order valence-electron chi connectivity index (χ4n) is 6.45. The molecule has 43 heavy (non-hydrogen) atoms. The number of aryl methyl sites for hydroxylation is 1. The third-order valence-electron chi connectivity index (χ3n) is 8.75. The number of amides is 1. The Bertz CT molecular complexity index is 1580. The van der Waals surface area contributed by atoms with Crippen LogP contribution in [0.2, 0.25) is 0 Å². The lowest BCUT2D eigenvalue weighted by Gasteiger charge is -2.28. The Balaban J connectivity index is 1.12. The summed E-state index contributed by atoms with van der Waals surface area (Å²) >= 11 is 0. The Hall–Kier alpha value is -4.22. The van der Waals surface area contributed by atoms with Gasteiger partial charge in [-0.2, -0.15) is 0 Å². The summed E-state index contributed by atoms with van der Waals surface area (Å²) in [5, 5.41) is 4.59. The van der Waals surface area contributed by atoms with Crippen LogP contribution in [0.15, 0.2) is 30.5 Å². The minimum atomic E-state index is -0.594. The lowest BCUT2D eigenvalue weighted by molar-refractivity contribution is -0.165. The van der Waals surface area contributed by atoms with Gasteiger partial charge in [-0.1, -0.05) is 6.07 Å². The van der Waals surface area contributed by atoms with Crippen LogP contribution in [0.25, 0.3) is 5.65 Å². The van der Waals surface area contributed by atoms with Crippen molar-refractivity contribution in [2.45, 2.75) is 46.6 Å². The number of hydrogen-bond acceptors (Lipinski definition) is 10. The summed E-state index contributed by atoms with van der Waals surface area (Å²) in [7, 11) is 1.34. The molecule has 0 bridgehead atoms. The quantitative estimate of drug-likeness (QED) is 0.411. The van der Waals surface area contributed by atoms with Crippen molar-refractivity contribution in [2.24, 2.45) is 17.3 Å². The Labute approximate surface area is 251 Å². The number of hydrogen-bond donors (Lipinski definition) is 0. The van der Waals surface area contributed by atoms with E-state index in [-0.39, 0.29) is 23.4 Å². The van der Waals surface area contributed by atoms with Crippen molar-refractivity contribution in [3.63, 3.8) is 0 Å². The zero-order valence-electron chi connectivity index (χ0n) is 25.7. The molecule has 3 aliphatic rings. The normalized spacial score (nSPS) is 23.6. The van der Waals surface area contributed by atoms with Crippen molar-refractivity contribution in [3.8, 4) is 0 Å². The smallest absolute Gasteiger partial charge is 0.356 e. The third kappa shape index (κ3) is 5.50. The Morgan fingerprint density at radius 3 is 2.42 bits per heavy atom. The number of anilines is 2. The van der Waals surface area contributed by atoms with Crippen molar-refractivity contribution in [1.29, 1.82) is 0 Å². The number of esters is 2. The lowest BCUT2D eigenvalue weighted by Crippen LogP contribution is -2.38. The first-order valence-corrected chi connectivity index (χ1v) is 14.8. The summed E-state index contributed by atoms with van der Waals surface area (Å²) in [5.41, 5.74) is 1.64. The van der Waals surface area contributed by atoms with E-state index in [1.54, 1.807) is 10.6 Å². The van der Waals surface area contributed by atoms with Gasteiger partial charge < -0.3 is 24.2 Å². The number of rotatable bonds is 5. The topological polar surface area (TPSA) is 122 Å². The second-order valence-electron chi connectivity index (χ2n) is 13.3. The van der Waals surface area contributed by atoms with E-state index in [4.69, 9.17) is 9.47 Å². The second kappa shape index (κ2) is 10.5. The van der Waals surface area contributed by atoms with Gasteiger partial charge in [-0.25, -0.2) is 19.3 Å². The van der Waals surface area contributed by atoms with Crippen LogP contribution < -0.4 is 9.80 Å². The number of carbonyl (C=O) groups is 3. The van der Waals surface area contributed by atoms with Gasteiger partial charge in [0.05, 0.1) is 24.4 Å². The number of methoxy groups -OCH3 is 1. The van der Waals surface area contributed by atoms with Gasteiger partial charge in [-0.3, -0.25) is 9.59 Å². The standard InChI is InChI=1S/C31H39N7O5/c1-19-12-22(35-11-10-31(5,18-35)29(41)43-30(2,3)4)17-38-26(19)33-25(34-38)27(39)37-15-20-13-36(14-21(20)16-37)24-9-7-8-23(32-24)28(40)42-6/h7-9,12,17,20-21H,10-11,13-16,18H2,1-6H3/t20-,21+,31?. The number of pyridine rings is 2. The van der Waals surface area contributed by atoms with Gasteiger partial charge in [0.25, 0.3) is 5.91 Å². The van der Waals surface area contributed by atoms with Crippen LogP contribution in [0.5, 0.6) is 0 Å². The van der Waals surface area contributed by atoms with Crippen molar-refractivity contribution in [2.75, 3.05) is 56.2 Å². The molecule has 3 saturated heterocycles. The molecule has 1 unspecified atom stereocenters. The summed E-state index contributed by atoms with van der Waals surface area (Å²) < 4.78 is 12.2. The minimum Gasteiger partial charge on any atom is -0.464 e. The first-order valence-electron chi connectivity index (χ1n) is 14.8. The van der Waals surface area contributed by atoms with E-state index in [0.29, 0.717) is 43.5 Å². The number of fused-ring (bicyclic) bond motifs is 2. The van der Waals surface area contributed by atoms with Crippen LogP contribution in [0.3, 0.4) is 0 Å². The maximum Gasteiger partial charge on any atom is 0.356 e. The molecule has 228 valence electrons. The molecule has 3 aliphatic heterocycles. The third-order valence-corrected chi connectivity index (χ3v) is 8.75. The van der Waals surface area contributed by atoms with Crippen LogP contribution in [0.4, 0.5) is 11.5 Å². The van der Waals surface area contributed by atoms with Crippen LogP contribution in [0.1, 0.15) is 60.8 Å². The minimum absolute atomic E-state index is 0.171. The average molecular weight is 590 g/mol. The predicted molar refractivity (Wildman–Crippen MR) is 159 cm³/mol. The molecular formula is C31H39N7O5. The maximum absolute atomic E-state index is 13.5. The highest BCUT2D eigenvalue weighted by molar-refractivity contribution is 5.91. The van der Waals surface area contributed by atoms with Gasteiger partial charge in [0.2, 0.25) is 5.82 Å². The van der Waals surface area contributed by atoms with Crippen LogP contribution in [0, 0.1) is 24.2 Å². The molecular weight excluding hydrogens is 550 g/mol. The van der Waals surface area contributed by atoms with E-state index in [0.717, 1.165) is 36.7 Å². The molecule has 0 radical (unpaired) electrons. The largest absolute Gasteiger partial charge is 0.464 e. The van der Waals surface area contributed by atoms with E-state index in [2.05, 4.69) is 24.9 Å². The molecule has 0 saturated carbocycles. The zero-order chi connectivity index (χ0) is 30.7. The van der Waals surface area contributed by atoms with E-state index < -0.39 is 17.0 Å². The van der Waals surface area contributed by atoms with Gasteiger partial charge in [0, 0.05) is 51.1 Å². The molecule has 12 nitrogen and oxygen atoms in total. The highest BCUT2D eigenvalue weighted by Gasteiger charge is 2.44. The first-order chi connectivity index (χ1) is 20.3. The molecule has 0 spiro atoms. The Kier molecular flexibility index (Phi) is 7.05. The van der Waals surface area contributed by atoms with Crippen LogP contribution in [-0.2, 0) is 14.3 Å². The molecule has 3 aromatic rings. The van der Waals surface area contributed by atoms with Crippen molar-refractivity contribution in [3.05, 3.63) is 47.5 Å². The van der Waals surface area contributed by atoms with Gasteiger partial charge in [0.1, 0.15) is 11.4 Å². The Morgan fingerprint density at radius 1 is 1.02 bits per heavy atom. The van der Waals surface area contributed by atoms with E-state index >= 15 is 0 Å². The van der Waals surface area contributed by atoms with E-state index in [9.17, 15) is 14.4 Å². The predicted octanol–water partition coefficient (Wildman–Crippen LogP) is 2.99. The summed E-state index contributed by atoms with van der Waals surface area (Å²) in [6.45, 7) is 13.6. The molecule has 0 aromatic carbocycles. The molecule has 3 aromatic heterocycles. The van der Waals surface area contributed by atoms with Crippen LogP contribution >= 0.6 is 0 Å². The molecule has 3 fully saturated rings. The summed E-state index contributed by atoms with van der Waals surface area (Å²) in [6.07, 6.45) is 2.58. The molecule has 0 N–H and O–H groups in total. The summed E-state index contributed by atoms with van der Waals surface area (Å²) in [6, 6.07) is 7.39. The lowest BCUT2D eigenvalue weighted by atomic mass is 9.90. The van der Waals surface area contributed by atoms with E-state index in [1.165, 1.54) is 7.11 Å². The highest BCUT2D eigenvalue weighted by Crippen LogP contribution is 2.37. The van der Waals surface area contributed by atoms with Crippen molar-refractivity contribution >= 4 is 35.0 Å². The highest BCUT2D eigenvalue weighted by atomic mass is 16.6. The average Bonchev–Trinajstić information content (AvgIpc) is 3.74. The molecule has 6 heterocycles.